The van der Waals surface area contributed by atoms with E-state index < -0.39 is 0 Å². The van der Waals surface area contributed by atoms with Crippen molar-refractivity contribution in [3.8, 4) is 68.5 Å². The molecule has 0 saturated carbocycles. The highest BCUT2D eigenvalue weighted by Gasteiger charge is 2.29. The van der Waals surface area contributed by atoms with E-state index in [1.807, 2.05) is 60.7 Å². The Hall–Kier alpha value is -6.56. The zero-order valence-electron chi connectivity index (χ0n) is 41.7. The molecule has 68 heavy (non-hydrogen) atoms. The molecule has 3 aromatic heterocycles. The van der Waals surface area contributed by atoms with Crippen LogP contribution < -0.4 is 18.9 Å². The van der Waals surface area contributed by atoms with Crippen molar-refractivity contribution in [3.63, 3.8) is 0 Å². The van der Waals surface area contributed by atoms with E-state index in [0.29, 0.717) is 92.6 Å². The van der Waals surface area contributed by atoms with Crippen LogP contribution in [0.25, 0.3) is 89.7 Å². The molecular weight excluding hydrogens is 849 g/mol. The van der Waals surface area contributed by atoms with Gasteiger partial charge in [0.1, 0.15) is 45.6 Å². The molecule has 9 rings (SSSR count). The molecule has 2 aliphatic heterocycles. The van der Waals surface area contributed by atoms with Gasteiger partial charge in [0.25, 0.3) is 0 Å². The average molecular weight is 915 g/mol. The lowest BCUT2D eigenvalue weighted by Gasteiger charge is -2.18. The van der Waals surface area contributed by atoms with Crippen LogP contribution in [0.1, 0.15) is 109 Å². The van der Waals surface area contributed by atoms with E-state index in [9.17, 15) is 0 Å². The number of fused-ring (bicyclic) bond motifs is 20. The Labute approximate surface area is 399 Å². The van der Waals surface area contributed by atoms with E-state index >= 15 is 0 Å². The van der Waals surface area contributed by atoms with Crippen LogP contribution >= 0.6 is 0 Å². The van der Waals surface area contributed by atoms with Crippen LogP contribution in [0.5, 0.6) is 23.0 Å². The second kappa shape index (κ2) is 19.2. The Balaban J connectivity index is 1.41. The standard InChI is InChI=1S/C56H66N8O4/c1-29(2)25-33(9)65-41-21-13-17-37-45(41)53-58-49(37)57-50-38-18-14-22-42(66-34(10)26-30(3)4)46(38)54(59-50)61-52-40-20-16-24-44(68-36(12)28-32(7)8)48(40)56(63-52)64-55-47-39(51(60-53)62-55)19-15-23-43(47)67-35(11)27-31(5)6/h13-24,29-36H,25-28H2,1-12H3,(H2,57,58,59,60,61,62,63,64). The summed E-state index contributed by atoms with van der Waals surface area (Å²) < 4.78 is 27.1. The van der Waals surface area contributed by atoms with Gasteiger partial charge in [0.2, 0.25) is 0 Å². The first-order valence-corrected chi connectivity index (χ1v) is 24.6. The minimum absolute atomic E-state index is 0.0549. The highest BCUT2D eigenvalue weighted by Crippen LogP contribution is 2.45. The van der Waals surface area contributed by atoms with Gasteiger partial charge in [-0.2, -0.15) is 0 Å². The SMILES string of the molecule is CC(C)CC(C)Oc1cccc2c1-c1nc-2nc2nc(nc3[nH]c(nc4[nH]c(n1)c1cccc(OC(C)CC(C)C)c41)c1c(OC(C)CC(C)C)cccc31)-c1c(OC(C)CC(C)C)cccc1-2. The third kappa shape index (κ3) is 9.60. The summed E-state index contributed by atoms with van der Waals surface area (Å²) in [6.45, 7) is 26.1. The minimum Gasteiger partial charge on any atom is -0.490 e. The molecule has 8 bridgehead atoms. The Kier molecular flexibility index (Phi) is 13.1. The molecule has 5 heterocycles. The maximum absolute atomic E-state index is 6.79. The van der Waals surface area contributed by atoms with Gasteiger partial charge in [0.15, 0.2) is 23.3 Å². The smallest absolute Gasteiger partial charge is 0.168 e. The van der Waals surface area contributed by atoms with Crippen molar-refractivity contribution in [1.29, 1.82) is 0 Å². The molecule has 0 aliphatic carbocycles. The van der Waals surface area contributed by atoms with Crippen LogP contribution in [0.4, 0.5) is 0 Å². The van der Waals surface area contributed by atoms with E-state index in [1.165, 1.54) is 0 Å². The van der Waals surface area contributed by atoms with Gasteiger partial charge in [-0.25, -0.2) is 29.9 Å². The van der Waals surface area contributed by atoms with Crippen LogP contribution in [-0.4, -0.2) is 64.3 Å². The molecule has 7 aromatic rings. The van der Waals surface area contributed by atoms with Crippen molar-refractivity contribution < 1.29 is 18.9 Å². The number of aromatic amines is 2. The summed E-state index contributed by atoms with van der Waals surface area (Å²) in [5.74, 6) is 6.42. The number of nitrogens with one attached hydrogen (secondary N) is 2. The number of hydrogen-bond acceptors (Lipinski definition) is 10. The van der Waals surface area contributed by atoms with E-state index in [2.05, 4.69) is 105 Å². The summed E-state index contributed by atoms with van der Waals surface area (Å²) >= 11 is 0. The zero-order chi connectivity index (χ0) is 48.0. The van der Waals surface area contributed by atoms with Crippen LogP contribution in [0, 0.1) is 23.7 Å². The van der Waals surface area contributed by atoms with Crippen LogP contribution in [0.2, 0.25) is 0 Å². The summed E-state index contributed by atoms with van der Waals surface area (Å²) in [6, 6.07) is 24.1. The number of aromatic nitrogens is 8. The summed E-state index contributed by atoms with van der Waals surface area (Å²) in [6.07, 6.45) is 3.31. The third-order valence-electron chi connectivity index (χ3n) is 12.3. The second-order valence-corrected chi connectivity index (χ2v) is 20.6. The molecule has 4 atom stereocenters. The van der Waals surface area contributed by atoms with E-state index in [-0.39, 0.29) is 24.4 Å². The van der Waals surface area contributed by atoms with Gasteiger partial charge in [-0.15, -0.1) is 0 Å². The molecule has 0 spiro atoms. The topological polar surface area (TPSA) is 146 Å². The lowest BCUT2D eigenvalue weighted by Crippen LogP contribution is -2.15. The Morgan fingerprint density at radius 1 is 0.353 bits per heavy atom. The normalized spacial score (nSPS) is 14.1. The van der Waals surface area contributed by atoms with Crippen molar-refractivity contribution >= 4 is 44.1 Å². The number of nitrogens with zero attached hydrogens (tertiary/aromatic N) is 6. The van der Waals surface area contributed by atoms with Crippen molar-refractivity contribution in [2.24, 2.45) is 23.7 Å². The molecule has 2 N–H and O–H groups in total. The summed E-state index contributed by atoms with van der Waals surface area (Å²) in [4.78, 5) is 39.3. The van der Waals surface area contributed by atoms with Crippen molar-refractivity contribution in [2.75, 3.05) is 0 Å². The van der Waals surface area contributed by atoms with Gasteiger partial charge in [-0.3, -0.25) is 0 Å². The molecule has 12 nitrogen and oxygen atoms in total. The summed E-state index contributed by atoms with van der Waals surface area (Å²) in [5.41, 5.74) is 5.38. The van der Waals surface area contributed by atoms with E-state index in [1.54, 1.807) is 0 Å². The third-order valence-corrected chi connectivity index (χ3v) is 12.3. The van der Waals surface area contributed by atoms with E-state index in [0.717, 1.165) is 69.5 Å². The van der Waals surface area contributed by atoms with Crippen molar-refractivity contribution in [2.45, 2.75) is 133 Å². The Morgan fingerprint density at radius 3 is 1.04 bits per heavy atom. The number of ether oxygens (including phenoxy) is 4. The summed E-state index contributed by atoms with van der Waals surface area (Å²) in [5, 5.41) is 3.26. The molecule has 12 heteroatoms. The monoisotopic (exact) mass is 915 g/mol. The lowest BCUT2D eigenvalue weighted by molar-refractivity contribution is 0.194. The predicted molar refractivity (Wildman–Crippen MR) is 274 cm³/mol. The fourth-order valence-corrected chi connectivity index (χ4v) is 9.97. The van der Waals surface area contributed by atoms with Crippen molar-refractivity contribution in [3.05, 3.63) is 72.8 Å². The first kappa shape index (κ1) is 46.5. The second-order valence-electron chi connectivity index (χ2n) is 20.6. The molecule has 0 saturated heterocycles. The van der Waals surface area contributed by atoms with Gasteiger partial charge < -0.3 is 28.9 Å². The zero-order valence-corrected chi connectivity index (χ0v) is 41.7. The molecule has 0 amide bonds. The van der Waals surface area contributed by atoms with Gasteiger partial charge in [0, 0.05) is 21.9 Å². The highest BCUT2D eigenvalue weighted by molar-refractivity contribution is 6.11. The van der Waals surface area contributed by atoms with Gasteiger partial charge in [0.05, 0.1) is 46.3 Å². The number of rotatable bonds is 16. The fraction of sp³-hybridized carbons (Fsp3) is 0.429. The quantitative estimate of drug-likeness (QED) is 0.0960. The molecule has 2 aliphatic rings. The average Bonchev–Trinajstić information content (AvgIpc) is 3.99. The minimum atomic E-state index is -0.0569. The molecule has 0 radical (unpaired) electrons. The van der Waals surface area contributed by atoms with Gasteiger partial charge in [-0.05, 0) is 101 Å². The van der Waals surface area contributed by atoms with Gasteiger partial charge in [-0.1, -0.05) is 104 Å². The molecular formula is C56H66N8O4. The number of H-pyrrole nitrogens is 2. The predicted octanol–water partition coefficient (Wildman–Crippen LogP) is 14.1. The first-order valence-electron chi connectivity index (χ1n) is 24.6. The maximum Gasteiger partial charge on any atom is 0.168 e. The highest BCUT2D eigenvalue weighted by atomic mass is 16.5. The Morgan fingerprint density at radius 2 is 0.676 bits per heavy atom. The molecule has 0 fully saturated rings. The number of benzene rings is 4. The number of hydrogen-bond donors (Lipinski definition) is 2. The van der Waals surface area contributed by atoms with Crippen LogP contribution in [0.15, 0.2) is 72.8 Å². The Bertz CT molecular complexity index is 2950. The molecule has 4 aromatic carbocycles. The lowest BCUT2D eigenvalue weighted by atomic mass is 10.0. The molecule has 354 valence electrons. The summed E-state index contributed by atoms with van der Waals surface area (Å²) in [7, 11) is 0. The largest absolute Gasteiger partial charge is 0.490 e. The van der Waals surface area contributed by atoms with Gasteiger partial charge >= 0.3 is 0 Å². The van der Waals surface area contributed by atoms with Crippen molar-refractivity contribution in [1.82, 2.24) is 39.9 Å². The first-order chi connectivity index (χ1) is 32.6. The maximum atomic E-state index is 6.79. The van der Waals surface area contributed by atoms with Crippen LogP contribution in [0.3, 0.4) is 0 Å². The molecule has 4 unspecified atom stereocenters. The fourth-order valence-electron chi connectivity index (χ4n) is 9.97. The van der Waals surface area contributed by atoms with E-state index in [4.69, 9.17) is 48.9 Å². The van der Waals surface area contributed by atoms with Crippen LogP contribution in [-0.2, 0) is 0 Å².